The molecule has 0 aliphatic heterocycles. The third kappa shape index (κ3) is 5.28. The summed E-state index contributed by atoms with van der Waals surface area (Å²) >= 11 is 0. The molecule has 102 valence electrons. The van der Waals surface area contributed by atoms with E-state index in [4.69, 9.17) is 0 Å². The highest BCUT2D eigenvalue weighted by Gasteiger charge is 2.14. The van der Waals surface area contributed by atoms with Gasteiger partial charge in [-0.1, -0.05) is 0 Å². The summed E-state index contributed by atoms with van der Waals surface area (Å²) < 4.78 is 25.1. The zero-order chi connectivity index (χ0) is 13.6. The molecule has 0 spiro atoms. The summed E-state index contributed by atoms with van der Waals surface area (Å²) in [6.45, 7) is 1.13. The Hall–Kier alpha value is -1.41. The lowest BCUT2D eigenvalue weighted by Crippen LogP contribution is -2.38. The van der Waals surface area contributed by atoms with Crippen molar-refractivity contribution in [1.29, 1.82) is 0 Å². The Morgan fingerprint density at radius 2 is 2.22 bits per heavy atom. The second-order valence-electron chi connectivity index (χ2n) is 4.02. The van der Waals surface area contributed by atoms with Crippen LogP contribution in [0.4, 0.5) is 0 Å². The van der Waals surface area contributed by atoms with Crippen LogP contribution in [0.25, 0.3) is 0 Å². The van der Waals surface area contributed by atoms with Gasteiger partial charge in [-0.25, -0.2) is 13.4 Å². The zero-order valence-electron chi connectivity index (χ0n) is 10.5. The topological polar surface area (TPSA) is 84.3 Å². The maximum atomic E-state index is 11.4. The van der Waals surface area contributed by atoms with Gasteiger partial charge < -0.3 is 9.88 Å². The van der Waals surface area contributed by atoms with Crippen molar-refractivity contribution in [3.05, 3.63) is 18.7 Å². The first-order valence-corrected chi connectivity index (χ1v) is 7.38. The SMILES string of the molecule is CN(CC(=O)NCCCn1ccnc1)S(C)(=O)=O. The Morgan fingerprint density at radius 3 is 2.78 bits per heavy atom. The van der Waals surface area contributed by atoms with Crippen molar-refractivity contribution in [1.82, 2.24) is 19.2 Å². The molecule has 0 unspecified atom stereocenters. The van der Waals surface area contributed by atoms with Gasteiger partial charge >= 0.3 is 0 Å². The van der Waals surface area contributed by atoms with E-state index in [-0.39, 0.29) is 12.5 Å². The minimum atomic E-state index is -3.30. The molecule has 7 nitrogen and oxygen atoms in total. The number of sulfonamides is 1. The number of rotatable bonds is 7. The van der Waals surface area contributed by atoms with E-state index in [0.29, 0.717) is 6.54 Å². The molecule has 1 aromatic heterocycles. The molecule has 0 aromatic carbocycles. The summed E-state index contributed by atoms with van der Waals surface area (Å²) in [6.07, 6.45) is 7.09. The molecular weight excluding hydrogens is 256 g/mol. The standard InChI is InChI=1S/C10H18N4O3S/c1-13(18(2,16)17)8-10(15)12-4-3-6-14-7-5-11-9-14/h5,7,9H,3-4,6,8H2,1-2H3,(H,12,15). The van der Waals surface area contributed by atoms with Crippen LogP contribution >= 0.6 is 0 Å². The normalized spacial score (nSPS) is 11.7. The molecule has 1 heterocycles. The van der Waals surface area contributed by atoms with E-state index in [1.54, 1.807) is 12.5 Å². The number of amides is 1. The molecule has 1 amide bonds. The molecule has 1 N–H and O–H groups in total. The number of aromatic nitrogens is 2. The number of aryl methyl sites for hydroxylation is 1. The van der Waals surface area contributed by atoms with Crippen LogP contribution in [0.3, 0.4) is 0 Å². The number of carbonyl (C=O) groups excluding carboxylic acids is 1. The molecule has 1 rings (SSSR count). The predicted octanol–water partition coefficient (Wildman–Crippen LogP) is -0.719. The van der Waals surface area contributed by atoms with Gasteiger partial charge in [-0.05, 0) is 6.42 Å². The number of imidazole rings is 1. The minimum Gasteiger partial charge on any atom is -0.355 e. The van der Waals surface area contributed by atoms with Crippen molar-refractivity contribution in [3.8, 4) is 0 Å². The van der Waals surface area contributed by atoms with Crippen molar-refractivity contribution in [3.63, 3.8) is 0 Å². The molecule has 0 saturated carbocycles. The van der Waals surface area contributed by atoms with Gasteiger partial charge in [0, 0.05) is 32.5 Å². The number of hydrogen-bond acceptors (Lipinski definition) is 4. The van der Waals surface area contributed by atoms with Gasteiger partial charge in [0.2, 0.25) is 15.9 Å². The second kappa shape index (κ2) is 6.50. The first kappa shape index (κ1) is 14.7. The number of likely N-dealkylation sites (N-methyl/N-ethyl adjacent to an activating group) is 1. The molecular formula is C10H18N4O3S. The Morgan fingerprint density at radius 1 is 1.50 bits per heavy atom. The third-order valence-corrected chi connectivity index (χ3v) is 3.67. The van der Waals surface area contributed by atoms with Gasteiger partial charge in [0.05, 0.1) is 19.1 Å². The number of nitrogens with zero attached hydrogens (tertiary/aromatic N) is 3. The summed E-state index contributed by atoms with van der Waals surface area (Å²) in [5, 5.41) is 2.67. The highest BCUT2D eigenvalue weighted by atomic mass is 32.2. The predicted molar refractivity (Wildman–Crippen MR) is 67.3 cm³/mol. The van der Waals surface area contributed by atoms with Crippen molar-refractivity contribution in [2.45, 2.75) is 13.0 Å². The summed E-state index contributed by atoms with van der Waals surface area (Å²) in [5.41, 5.74) is 0. The maximum Gasteiger partial charge on any atom is 0.235 e. The lowest BCUT2D eigenvalue weighted by atomic mass is 10.4. The van der Waals surface area contributed by atoms with Crippen LogP contribution in [0.1, 0.15) is 6.42 Å². The summed E-state index contributed by atoms with van der Waals surface area (Å²) in [4.78, 5) is 15.3. The monoisotopic (exact) mass is 274 g/mol. The summed E-state index contributed by atoms with van der Waals surface area (Å²) in [6, 6.07) is 0. The van der Waals surface area contributed by atoms with Crippen LogP contribution in [0, 0.1) is 0 Å². The molecule has 0 atom stereocenters. The van der Waals surface area contributed by atoms with E-state index in [0.717, 1.165) is 23.5 Å². The average molecular weight is 274 g/mol. The van der Waals surface area contributed by atoms with Crippen LogP contribution in [-0.2, 0) is 21.4 Å². The fourth-order valence-corrected chi connectivity index (χ4v) is 1.64. The van der Waals surface area contributed by atoms with E-state index in [2.05, 4.69) is 10.3 Å². The first-order valence-electron chi connectivity index (χ1n) is 5.53. The summed E-state index contributed by atoms with van der Waals surface area (Å²) in [5.74, 6) is -0.298. The van der Waals surface area contributed by atoms with Crippen LogP contribution < -0.4 is 5.32 Å². The van der Waals surface area contributed by atoms with E-state index in [1.807, 2.05) is 10.8 Å². The Kier molecular flexibility index (Phi) is 5.29. The van der Waals surface area contributed by atoms with Crippen molar-refractivity contribution in [2.24, 2.45) is 0 Å². The number of carbonyl (C=O) groups is 1. The van der Waals surface area contributed by atoms with Crippen molar-refractivity contribution >= 4 is 15.9 Å². The van der Waals surface area contributed by atoms with Gasteiger partial charge in [0.1, 0.15) is 0 Å². The van der Waals surface area contributed by atoms with E-state index in [1.165, 1.54) is 7.05 Å². The smallest absolute Gasteiger partial charge is 0.235 e. The Balaban J connectivity index is 2.18. The van der Waals surface area contributed by atoms with E-state index in [9.17, 15) is 13.2 Å². The van der Waals surface area contributed by atoms with E-state index < -0.39 is 10.0 Å². The highest BCUT2D eigenvalue weighted by Crippen LogP contribution is 1.92. The fourth-order valence-electron chi connectivity index (χ4n) is 1.28. The lowest BCUT2D eigenvalue weighted by molar-refractivity contribution is -0.121. The van der Waals surface area contributed by atoms with Crippen molar-refractivity contribution < 1.29 is 13.2 Å². The minimum absolute atomic E-state index is 0.149. The molecule has 18 heavy (non-hydrogen) atoms. The quantitative estimate of drug-likeness (QED) is 0.665. The summed E-state index contributed by atoms with van der Waals surface area (Å²) in [7, 11) is -1.93. The zero-order valence-corrected chi connectivity index (χ0v) is 11.4. The average Bonchev–Trinajstić information content (AvgIpc) is 2.75. The second-order valence-corrected chi connectivity index (χ2v) is 6.11. The highest BCUT2D eigenvalue weighted by molar-refractivity contribution is 7.88. The van der Waals surface area contributed by atoms with Gasteiger partial charge in [-0.2, -0.15) is 4.31 Å². The van der Waals surface area contributed by atoms with Gasteiger partial charge in [-0.15, -0.1) is 0 Å². The molecule has 0 aliphatic rings. The maximum absolute atomic E-state index is 11.4. The largest absolute Gasteiger partial charge is 0.355 e. The molecule has 0 aliphatic carbocycles. The first-order chi connectivity index (χ1) is 8.39. The van der Waals surface area contributed by atoms with Gasteiger partial charge in [0.25, 0.3) is 0 Å². The number of hydrogen-bond donors (Lipinski definition) is 1. The van der Waals surface area contributed by atoms with Crippen LogP contribution in [0.15, 0.2) is 18.7 Å². The molecule has 0 radical (unpaired) electrons. The van der Waals surface area contributed by atoms with Crippen molar-refractivity contribution in [2.75, 3.05) is 26.4 Å². The Bertz CT molecular complexity index is 469. The van der Waals surface area contributed by atoms with Crippen LogP contribution in [0.5, 0.6) is 0 Å². The molecule has 1 aromatic rings. The molecule has 0 bridgehead atoms. The Labute approximate surface area is 107 Å². The van der Waals surface area contributed by atoms with Gasteiger partial charge in [-0.3, -0.25) is 4.79 Å². The van der Waals surface area contributed by atoms with Gasteiger partial charge in [0.15, 0.2) is 0 Å². The third-order valence-electron chi connectivity index (χ3n) is 2.41. The fraction of sp³-hybridized carbons (Fsp3) is 0.600. The number of nitrogens with one attached hydrogen (secondary N) is 1. The molecule has 0 saturated heterocycles. The van der Waals surface area contributed by atoms with Crippen LogP contribution in [0.2, 0.25) is 0 Å². The molecule has 0 fully saturated rings. The lowest BCUT2D eigenvalue weighted by Gasteiger charge is -2.13. The molecule has 8 heteroatoms. The van der Waals surface area contributed by atoms with Crippen LogP contribution in [-0.4, -0.2) is 54.6 Å². The van der Waals surface area contributed by atoms with E-state index >= 15 is 0 Å².